The van der Waals surface area contributed by atoms with Crippen LogP contribution in [0.1, 0.15) is 5.56 Å². The predicted octanol–water partition coefficient (Wildman–Crippen LogP) is -14.9. The normalized spacial score (nSPS) is 46.8. The van der Waals surface area contributed by atoms with Crippen LogP contribution in [-0.2, 0) is 87.0 Å². The molecule has 33 rings (SSSR count). The number of amides is 2. The van der Waals surface area contributed by atoms with Gasteiger partial charge in [0.25, 0.3) is 5.24 Å². The first-order valence-electron chi connectivity index (χ1n) is 36.1. The van der Waals surface area contributed by atoms with Gasteiger partial charge < -0.3 is 208 Å². The minimum Gasteiger partial charge on any atom is -0.492 e. The zero-order valence-corrected chi connectivity index (χ0v) is 60.7. The minimum atomic E-state index is -2.25. The summed E-state index contributed by atoms with van der Waals surface area (Å²) in [4.78, 5) is 29.1. The molecule has 31 fully saturated rings. The highest BCUT2D eigenvalue weighted by Crippen LogP contribution is 2.40. The van der Waals surface area contributed by atoms with Crippen LogP contribution in [0.15, 0.2) is 48.7 Å². The lowest BCUT2D eigenvalue weighted by molar-refractivity contribution is -0.404. The Kier molecular flexibility index (Phi) is 31.6. The smallest absolute Gasteiger partial charge is 0.286 e. The number of carbonyl (C=O) groups is 2. The van der Waals surface area contributed by atoms with Gasteiger partial charge in [-0.05, 0) is 36.2 Å². The van der Waals surface area contributed by atoms with E-state index in [2.05, 4.69) is 10.3 Å². The number of rotatable bonds is 15. The van der Waals surface area contributed by atoms with Crippen molar-refractivity contribution in [2.24, 2.45) is 0 Å². The van der Waals surface area contributed by atoms with Crippen LogP contribution in [-0.4, -0.2) is 463 Å². The molecule has 0 spiro atoms. The van der Waals surface area contributed by atoms with Gasteiger partial charge in [-0.15, -0.1) is 0 Å². The van der Waals surface area contributed by atoms with Crippen molar-refractivity contribution < 1.29 is 213 Å². The first-order chi connectivity index (χ1) is 54.0. The van der Waals surface area contributed by atoms with Gasteiger partial charge in [0.1, 0.15) is 214 Å². The lowest BCUT2D eigenvalue weighted by atomic mass is 9.94. The average molecular weight is 1650 g/mol. The average Bonchev–Trinajstić information content (AvgIpc) is 1.44. The quantitative estimate of drug-likeness (QED) is 0.0787. The molecule has 46 nitrogen and oxygen atoms in total. The summed E-state index contributed by atoms with van der Waals surface area (Å²) in [6.45, 7) is -7.37. The Labute approximate surface area is 644 Å². The number of hydrogen-bond acceptors (Lipinski definition) is 46. The van der Waals surface area contributed by atoms with Crippen molar-refractivity contribution in [2.45, 2.75) is 257 Å². The lowest BCUT2D eigenvalue weighted by Crippen LogP contribution is -2.69. The molecule has 31 aliphatic heterocycles. The SMILES string of the molecule is CN(CCOc1ccc(CC2SC(=O)NC2=O)cc1)c1ccccn1.OC[C@H]1O[C@@H]2O[C@H]3[C@H](O)[C@@H](O)[C@@H](O[C@H]4[C@H](O)[C@@H](O)[C@@H](O[C@H]5[C@H](O)[C@@H](O)[C@@H](O[C@H]6[C@H](O)[C@@H](O)[C@@H](O[C@H]7[C@@H](O)[C@H](O)[C@@H](O[C@H]8[C@H](O)[C@@H](O)[C@@H](O[C@H]9[C@@H](O)[C@H](O)[C@@H](O[C@H]1[C@H](O)[C@H]2O)O[C@@H]9CO)O[C@@H]8CO)O[C@@H]7CO)O[C@@H]6CO)O[C@@H]5CO)O[C@@H]4CO)O[C@@H]3CO. The number of pyridine rings is 1. The van der Waals surface area contributed by atoms with Crippen LogP contribution in [0.4, 0.5) is 10.6 Å². The van der Waals surface area contributed by atoms with E-state index in [-0.39, 0.29) is 16.4 Å². The first kappa shape index (κ1) is 89.6. The third kappa shape index (κ3) is 19.7. The van der Waals surface area contributed by atoms with Crippen LogP contribution in [0.5, 0.6) is 5.75 Å². The van der Waals surface area contributed by atoms with Crippen molar-refractivity contribution in [1.29, 1.82) is 0 Å². The van der Waals surface area contributed by atoms with E-state index in [9.17, 15) is 132 Å². The summed E-state index contributed by atoms with van der Waals surface area (Å²) < 4.78 is 96.8. The molecular formula is C66H99N3O43S. The summed E-state index contributed by atoms with van der Waals surface area (Å²) in [5.74, 6) is 1.47. The molecule has 25 N–H and O–H groups in total. The van der Waals surface area contributed by atoms with E-state index < -0.39 is 299 Å². The molecule has 31 saturated heterocycles. The molecule has 1 aromatic heterocycles. The van der Waals surface area contributed by atoms with Crippen molar-refractivity contribution in [1.82, 2.24) is 10.3 Å². The highest BCUT2D eigenvalue weighted by molar-refractivity contribution is 8.15. The number of imide groups is 1. The van der Waals surface area contributed by atoms with Gasteiger partial charge in [0.15, 0.2) is 50.3 Å². The Balaban J connectivity index is 0.000000425. The van der Waals surface area contributed by atoms with Gasteiger partial charge in [-0.3, -0.25) is 14.9 Å². The second-order valence-electron chi connectivity index (χ2n) is 28.1. The molecule has 2 amide bonds. The molecule has 16 bridgehead atoms. The summed E-state index contributed by atoms with van der Waals surface area (Å²) in [7, 11) is 1.97. The van der Waals surface area contributed by atoms with Gasteiger partial charge in [0.2, 0.25) is 5.91 Å². The van der Waals surface area contributed by atoms with Gasteiger partial charge in [-0.25, -0.2) is 4.98 Å². The maximum atomic E-state index is 11.6. The van der Waals surface area contributed by atoms with E-state index in [0.29, 0.717) is 13.0 Å². The lowest BCUT2D eigenvalue weighted by Gasteiger charge is -2.50. The summed E-state index contributed by atoms with van der Waals surface area (Å²) in [6, 6.07) is 13.4. The molecule has 2 aromatic rings. The van der Waals surface area contributed by atoms with Crippen LogP contribution >= 0.6 is 11.8 Å². The number of aromatic nitrogens is 1. The maximum absolute atomic E-state index is 11.6. The summed E-state index contributed by atoms with van der Waals surface area (Å²) in [6.07, 6.45) is -79.7. The number of thioether (sulfide) groups is 1. The molecule has 113 heavy (non-hydrogen) atoms. The zero-order valence-electron chi connectivity index (χ0n) is 59.9. The zero-order chi connectivity index (χ0) is 81.7. The molecule has 41 atom stereocenters. The monoisotopic (exact) mass is 1650 g/mol. The molecule has 31 aliphatic rings. The number of nitrogens with zero attached hydrogens (tertiary/aromatic N) is 2. The third-order valence-corrected chi connectivity index (χ3v) is 21.7. The number of ether oxygens (including phenoxy) is 17. The van der Waals surface area contributed by atoms with E-state index in [0.717, 1.165) is 35.4 Å². The van der Waals surface area contributed by atoms with Crippen molar-refractivity contribution in [3.8, 4) is 5.75 Å². The number of likely N-dealkylation sites (N-methyl/N-ethyl adjacent to an activating group) is 1. The van der Waals surface area contributed by atoms with Crippen molar-refractivity contribution in [3.63, 3.8) is 0 Å². The number of aliphatic hydroxyl groups excluding tert-OH is 24. The third-order valence-electron chi connectivity index (χ3n) is 20.7. The van der Waals surface area contributed by atoms with E-state index in [4.69, 9.17) is 80.5 Å². The standard InChI is InChI=1S/C48H80O40.C18H19N3O3S/c49-1-9-33-17(57)25(65)41(73-9)82-34-10(2-50)75-43(27(67)19(34)59)84-36-12(4-52)77-45(29(69)21(36)61)86-38-14(6-54)79-47(31(71)23(38)63)88-40-16(8-56)80-48(32(72)24(40)64)87-39-15(7-55)78-46(30(70)22(39)62)85-37-13(5-53)76-44(28(68)20(37)60)83-35-11(3-51)74-42(81-33)26(66)18(35)58;1-21(16-4-2-3-9-19-16)10-11-24-14-7-5-13(6-8-14)12-15-17(22)20-18(23)25-15/h9-72H,1-8H2;2-9,15H,10-12H2,1H3,(H,20,22,23)/t9-,10-,11-,12-,13-,14-,15-,16-,17-,18-,19-,20-,21-,22+,23+,24-,25-,26-,27-,28-,29-,30+,31+,32-,33-,34-,35-,36-,37-,38-,39-,40-,41-,42-,43-,44-,45-,46-,47-,48-;/m1./s1. The van der Waals surface area contributed by atoms with Gasteiger partial charge in [0.05, 0.1) is 64.6 Å². The molecule has 1 unspecified atom stereocenters. The Hall–Kier alpha value is -4.14. The molecule has 642 valence electrons. The van der Waals surface area contributed by atoms with Crippen LogP contribution in [0, 0.1) is 0 Å². The second kappa shape index (κ2) is 39.8. The Morgan fingerprint density at radius 1 is 0.354 bits per heavy atom. The number of aliphatic hydroxyl groups is 24. The predicted molar refractivity (Wildman–Crippen MR) is 359 cm³/mol. The number of anilines is 1. The number of hydrogen-bond donors (Lipinski definition) is 25. The summed E-state index contributed by atoms with van der Waals surface area (Å²) in [5, 5.41) is 267. The fourth-order valence-corrected chi connectivity index (χ4v) is 15.2. The van der Waals surface area contributed by atoms with Crippen LogP contribution in [0.25, 0.3) is 0 Å². The summed E-state index contributed by atoms with van der Waals surface area (Å²) in [5.41, 5.74) is 1.00. The van der Waals surface area contributed by atoms with E-state index in [1.54, 1.807) is 6.20 Å². The maximum Gasteiger partial charge on any atom is 0.286 e. The summed E-state index contributed by atoms with van der Waals surface area (Å²) >= 11 is 1.05. The number of carbonyl (C=O) groups excluding carboxylic acids is 2. The second-order valence-corrected chi connectivity index (χ2v) is 29.3. The molecule has 0 aliphatic carbocycles. The fourth-order valence-electron chi connectivity index (χ4n) is 14.4. The topological polar surface area (TPSA) is 705 Å². The Morgan fingerprint density at radius 3 is 0.805 bits per heavy atom. The first-order valence-corrected chi connectivity index (χ1v) is 37.0. The Morgan fingerprint density at radius 2 is 0.602 bits per heavy atom. The minimum absolute atomic E-state index is 0.215. The van der Waals surface area contributed by atoms with Crippen molar-refractivity contribution >= 4 is 28.7 Å². The van der Waals surface area contributed by atoms with Crippen LogP contribution in [0.2, 0.25) is 0 Å². The van der Waals surface area contributed by atoms with Crippen LogP contribution in [0.3, 0.4) is 0 Å². The largest absolute Gasteiger partial charge is 0.492 e. The molecule has 0 radical (unpaired) electrons. The van der Waals surface area contributed by atoms with Crippen LogP contribution < -0.4 is 15.0 Å². The highest BCUT2D eigenvalue weighted by Gasteiger charge is 2.61. The number of nitrogens with one attached hydrogen (secondary N) is 1. The molecule has 1 aromatic carbocycles. The van der Waals surface area contributed by atoms with E-state index in [1.165, 1.54) is 0 Å². The van der Waals surface area contributed by atoms with Crippen molar-refractivity contribution in [3.05, 3.63) is 54.2 Å². The molecule has 0 saturated carbocycles. The highest BCUT2D eigenvalue weighted by atomic mass is 32.2. The molecular weight excluding hydrogens is 1550 g/mol. The van der Waals surface area contributed by atoms with Crippen molar-refractivity contribution in [2.75, 3.05) is 78.0 Å². The van der Waals surface area contributed by atoms with E-state index >= 15 is 0 Å². The number of benzene rings is 1. The van der Waals surface area contributed by atoms with Gasteiger partial charge in [0, 0.05) is 13.2 Å². The van der Waals surface area contributed by atoms with Gasteiger partial charge in [-0.2, -0.15) is 0 Å². The van der Waals surface area contributed by atoms with Gasteiger partial charge >= 0.3 is 0 Å². The fraction of sp³-hybridized carbons (Fsp3) is 0.803. The molecule has 47 heteroatoms. The Bertz CT molecular complexity index is 2830. The van der Waals surface area contributed by atoms with E-state index in [1.807, 2.05) is 54.4 Å². The van der Waals surface area contributed by atoms with Gasteiger partial charge in [-0.1, -0.05) is 30.0 Å². The molecule has 32 heterocycles.